The van der Waals surface area contributed by atoms with Gasteiger partial charge in [-0.3, -0.25) is 28.8 Å². The summed E-state index contributed by atoms with van der Waals surface area (Å²) in [6.45, 7) is 9.28. The summed E-state index contributed by atoms with van der Waals surface area (Å²) in [5, 5.41) is 21.0. The zero-order valence-corrected chi connectivity index (χ0v) is 36.3. The second-order valence-corrected chi connectivity index (χ2v) is 16.3. The molecule has 1 aliphatic heterocycles. The highest BCUT2D eigenvalue weighted by molar-refractivity contribution is 5.94. The maximum absolute atomic E-state index is 13.2. The number of fused-ring (bicyclic) bond motifs is 8. The summed E-state index contributed by atoms with van der Waals surface area (Å²) in [4.78, 5) is 102. The minimum Gasteiger partial charge on any atom is -0.454 e. The molecule has 5 heterocycles. The fourth-order valence-corrected chi connectivity index (χ4v) is 5.70. The van der Waals surface area contributed by atoms with Gasteiger partial charge in [0.05, 0.1) is 26.2 Å². The summed E-state index contributed by atoms with van der Waals surface area (Å²) in [6.07, 6.45) is -1.51. The van der Waals surface area contributed by atoms with E-state index >= 15 is 0 Å². The third kappa shape index (κ3) is 14.8. The van der Waals surface area contributed by atoms with Crippen molar-refractivity contribution in [3.05, 3.63) is 93.6 Å². The Morgan fingerprint density at radius 1 is 0.516 bits per heavy atom. The maximum Gasteiger partial charge on any atom is 0.407 e. The Balaban J connectivity index is 1.27. The Bertz CT molecular complexity index is 2190. The lowest BCUT2D eigenvalue weighted by molar-refractivity contribution is -0.122. The highest BCUT2D eigenvalue weighted by Crippen LogP contribution is 2.20. The summed E-state index contributed by atoms with van der Waals surface area (Å²) in [5.41, 5.74) is -0.689. The van der Waals surface area contributed by atoms with Crippen LogP contribution in [0.25, 0.3) is 0 Å². The van der Waals surface area contributed by atoms with E-state index < -0.39 is 58.8 Å². The molecular weight excluding hydrogens is 841 g/mol. The number of carbonyl (C=O) groups is 8. The lowest BCUT2D eigenvalue weighted by Crippen LogP contribution is -2.35. The molecule has 4 aromatic rings. The van der Waals surface area contributed by atoms with Crippen LogP contribution in [-0.4, -0.2) is 71.9 Å². The molecule has 4 aromatic heterocycles. The van der Waals surface area contributed by atoms with Crippen LogP contribution in [-0.2, 0) is 58.3 Å². The van der Waals surface area contributed by atoms with Crippen LogP contribution in [0.15, 0.2) is 54.1 Å². The van der Waals surface area contributed by atoms with Crippen molar-refractivity contribution in [1.82, 2.24) is 42.5 Å². The van der Waals surface area contributed by atoms with E-state index in [-0.39, 0.29) is 111 Å². The first-order chi connectivity index (χ1) is 30.2. The van der Waals surface area contributed by atoms with E-state index in [0.717, 1.165) is 0 Å². The molecule has 0 aromatic carbocycles. The molecule has 8 bridgehead atoms. The van der Waals surface area contributed by atoms with Gasteiger partial charge in [-0.05, 0) is 77.9 Å². The quantitative estimate of drug-likeness (QED) is 0.114. The van der Waals surface area contributed by atoms with Gasteiger partial charge >= 0.3 is 12.2 Å². The molecule has 0 radical (unpaired) electrons. The Labute approximate surface area is 366 Å². The summed E-state index contributed by atoms with van der Waals surface area (Å²) < 4.78 is 33.3. The Morgan fingerprint density at radius 3 is 1.25 bits per heavy atom. The summed E-state index contributed by atoms with van der Waals surface area (Å²) in [7, 11) is 0. The number of nitrogens with one attached hydrogen (secondary N) is 8. The van der Waals surface area contributed by atoms with Crippen molar-refractivity contribution in [1.29, 1.82) is 0 Å². The van der Waals surface area contributed by atoms with Crippen LogP contribution in [0.5, 0.6) is 0 Å². The van der Waals surface area contributed by atoms with Crippen LogP contribution in [0, 0.1) is 0 Å². The average molecular weight is 893 g/mol. The van der Waals surface area contributed by atoms with E-state index in [0.29, 0.717) is 11.1 Å². The SMILES string of the molecule is CC(C)(C)OC(=O)NCCC(=O)NCc1cc2oc1CNC(=O)c1ccc(o1)CNC(=O)c1cc(CNC(=O)CCNC(=O)OC(C)(C)C)c(o1)CNC(=O)c1ccc(o1)CNC2=O. The van der Waals surface area contributed by atoms with Gasteiger partial charge in [0.25, 0.3) is 23.6 Å². The molecule has 0 spiro atoms. The van der Waals surface area contributed by atoms with Crippen molar-refractivity contribution in [2.45, 2.75) is 105 Å². The first-order valence-electron chi connectivity index (χ1n) is 20.2. The van der Waals surface area contributed by atoms with Crippen molar-refractivity contribution in [2.75, 3.05) is 13.1 Å². The molecule has 5 rings (SSSR count). The molecule has 8 amide bonds. The first-order valence-corrected chi connectivity index (χ1v) is 20.2. The molecule has 0 saturated heterocycles. The van der Waals surface area contributed by atoms with E-state index in [1.54, 1.807) is 41.5 Å². The van der Waals surface area contributed by atoms with E-state index in [9.17, 15) is 38.4 Å². The van der Waals surface area contributed by atoms with Gasteiger partial charge < -0.3 is 69.7 Å². The minimum atomic E-state index is -0.709. The number of alkyl carbamates (subject to hydrolysis) is 2. The molecule has 0 aliphatic carbocycles. The molecule has 1 aliphatic rings. The topological polar surface area (TPSA) is 304 Å². The number of furan rings is 4. The number of hydrogen-bond acceptors (Lipinski definition) is 14. The predicted molar refractivity (Wildman–Crippen MR) is 221 cm³/mol. The van der Waals surface area contributed by atoms with Crippen molar-refractivity contribution >= 4 is 47.6 Å². The fraction of sp³-hybridized carbons (Fsp3) is 0.429. The fourth-order valence-electron chi connectivity index (χ4n) is 5.70. The Morgan fingerprint density at radius 2 is 0.875 bits per heavy atom. The van der Waals surface area contributed by atoms with Crippen molar-refractivity contribution in [2.24, 2.45) is 0 Å². The van der Waals surface area contributed by atoms with Crippen molar-refractivity contribution in [3.8, 4) is 0 Å². The normalized spacial score (nSPS) is 13.8. The van der Waals surface area contributed by atoms with E-state index in [1.807, 2.05) is 0 Å². The second-order valence-electron chi connectivity index (χ2n) is 16.3. The number of hydrogen-bond donors (Lipinski definition) is 8. The molecule has 8 N–H and O–H groups in total. The molecule has 0 unspecified atom stereocenters. The monoisotopic (exact) mass is 892 g/mol. The number of ether oxygens (including phenoxy) is 2. The van der Waals surface area contributed by atoms with Gasteiger partial charge in [-0.15, -0.1) is 0 Å². The zero-order chi connectivity index (χ0) is 46.6. The van der Waals surface area contributed by atoms with Crippen molar-refractivity contribution in [3.63, 3.8) is 0 Å². The van der Waals surface area contributed by atoms with Crippen LogP contribution < -0.4 is 42.5 Å². The highest BCUT2D eigenvalue weighted by atomic mass is 16.6. The van der Waals surface area contributed by atoms with Crippen LogP contribution in [0.4, 0.5) is 9.59 Å². The highest BCUT2D eigenvalue weighted by Gasteiger charge is 2.24. The van der Waals surface area contributed by atoms with Gasteiger partial charge in [0, 0.05) is 50.1 Å². The lowest BCUT2D eigenvalue weighted by atomic mass is 10.2. The largest absolute Gasteiger partial charge is 0.454 e. The Hall–Kier alpha value is -7.52. The maximum atomic E-state index is 13.2. The molecule has 22 heteroatoms. The molecule has 64 heavy (non-hydrogen) atoms. The standard InChI is InChI=1S/C42H52N8O14/c1-41(2,3)63-39(57)43-13-11-33(51)45-17-23-15-29-37(55)47-19-25-8-10-28(60-25)36(54)50-22-32-24(18-46-34(52)12-14-44-40(58)64-42(4,5)6)16-30(62-32)38(56)48-20-26-7-9-27(59-26)35(53)49-21-31(23)61-29/h7-10,15-16H,11-14,17-22H2,1-6H3,(H,43,57)(H,44,58)(H,45,51)(H,46,52)(H,47,55)(H,48,56)(H,49,53)(H,50,54). The minimum absolute atomic E-state index is 0.000487. The van der Waals surface area contributed by atoms with E-state index in [1.165, 1.54) is 36.4 Å². The zero-order valence-electron chi connectivity index (χ0n) is 36.3. The van der Waals surface area contributed by atoms with Crippen LogP contribution in [0.2, 0.25) is 0 Å². The molecule has 0 saturated carbocycles. The van der Waals surface area contributed by atoms with Gasteiger partial charge in [0.15, 0.2) is 23.0 Å². The lowest BCUT2D eigenvalue weighted by Gasteiger charge is -2.19. The molecule has 22 nitrogen and oxygen atoms in total. The van der Waals surface area contributed by atoms with Gasteiger partial charge in [0.2, 0.25) is 11.8 Å². The van der Waals surface area contributed by atoms with Gasteiger partial charge in [-0.25, -0.2) is 9.59 Å². The predicted octanol–water partition coefficient (Wildman–Crippen LogP) is 3.15. The smallest absolute Gasteiger partial charge is 0.407 e. The van der Waals surface area contributed by atoms with Crippen molar-refractivity contribution < 1.29 is 65.5 Å². The van der Waals surface area contributed by atoms with E-state index in [2.05, 4.69) is 42.5 Å². The number of carbonyl (C=O) groups excluding carboxylic acids is 8. The average Bonchev–Trinajstić information content (AvgIpc) is 4.04. The first kappa shape index (κ1) is 47.5. The number of rotatable bonds is 10. The third-order valence-electron chi connectivity index (χ3n) is 8.67. The second kappa shape index (κ2) is 21.0. The third-order valence-corrected chi connectivity index (χ3v) is 8.67. The van der Waals surface area contributed by atoms with Crippen LogP contribution in [0.3, 0.4) is 0 Å². The molecule has 344 valence electrons. The molecule has 0 atom stereocenters. The Kier molecular flexibility index (Phi) is 15.6. The summed E-state index contributed by atoms with van der Waals surface area (Å²) in [6, 6.07) is 8.54. The summed E-state index contributed by atoms with van der Waals surface area (Å²) in [5.74, 6) is -3.34. The summed E-state index contributed by atoms with van der Waals surface area (Å²) >= 11 is 0. The van der Waals surface area contributed by atoms with Crippen LogP contribution in [0.1, 0.15) is 131 Å². The van der Waals surface area contributed by atoms with Gasteiger partial charge in [0.1, 0.15) is 34.2 Å². The molecular formula is C42H52N8O14. The molecule has 0 fully saturated rings. The van der Waals surface area contributed by atoms with E-state index in [4.69, 9.17) is 27.1 Å². The number of amides is 8. The van der Waals surface area contributed by atoms with Gasteiger partial charge in [-0.1, -0.05) is 0 Å². The van der Waals surface area contributed by atoms with Gasteiger partial charge in [-0.2, -0.15) is 0 Å². The van der Waals surface area contributed by atoms with Crippen LogP contribution >= 0.6 is 0 Å².